The number of rotatable bonds is 5. The number of hydrogen-bond donors (Lipinski definition) is 1. The molecule has 0 saturated carbocycles. The van der Waals surface area contributed by atoms with Gasteiger partial charge in [0, 0.05) is 6.54 Å². The van der Waals surface area contributed by atoms with Crippen molar-refractivity contribution in [3.8, 4) is 0 Å². The maximum absolute atomic E-state index is 10.3. The third-order valence-electron chi connectivity index (χ3n) is 2.85. The predicted octanol–water partition coefficient (Wildman–Crippen LogP) is 1.16. The normalized spacial score (nSPS) is 18.9. The number of furan rings is 1. The molecule has 1 aromatic heterocycles. The fourth-order valence-electron chi connectivity index (χ4n) is 2.10. The first-order chi connectivity index (χ1) is 7.42. The zero-order valence-corrected chi connectivity index (χ0v) is 8.69. The monoisotopic (exact) mass is 208 g/mol. The lowest BCUT2D eigenvalue weighted by molar-refractivity contribution is -0.109. The first kappa shape index (κ1) is 10.2. The zero-order valence-electron chi connectivity index (χ0n) is 8.69. The second-order valence-electron chi connectivity index (χ2n) is 3.80. The summed E-state index contributed by atoms with van der Waals surface area (Å²) in [4.78, 5) is 12.7. The van der Waals surface area contributed by atoms with Crippen LogP contribution in [0, 0.1) is 0 Å². The van der Waals surface area contributed by atoms with Crippen molar-refractivity contribution in [1.82, 2.24) is 10.2 Å². The van der Waals surface area contributed by atoms with Crippen molar-refractivity contribution in [1.29, 1.82) is 0 Å². The molecule has 0 aromatic carbocycles. The number of nitrogens with zero attached hydrogens (tertiary/aromatic N) is 1. The molecular weight excluding hydrogens is 192 g/mol. The number of hydrogen-bond acceptors (Lipinski definition) is 3. The highest BCUT2D eigenvalue weighted by molar-refractivity contribution is 5.46. The first-order valence-corrected chi connectivity index (χ1v) is 5.36. The van der Waals surface area contributed by atoms with Crippen LogP contribution >= 0.6 is 0 Å². The summed E-state index contributed by atoms with van der Waals surface area (Å²) in [5.74, 6) is 0.936. The van der Waals surface area contributed by atoms with Crippen molar-refractivity contribution >= 4 is 6.41 Å². The summed E-state index contributed by atoms with van der Waals surface area (Å²) in [6.45, 7) is 2.80. The van der Waals surface area contributed by atoms with Crippen molar-refractivity contribution in [3.63, 3.8) is 0 Å². The summed E-state index contributed by atoms with van der Waals surface area (Å²) in [6.07, 6.45) is 4.89. The third-order valence-corrected chi connectivity index (χ3v) is 2.85. The van der Waals surface area contributed by atoms with E-state index in [1.165, 1.54) is 12.8 Å². The summed E-state index contributed by atoms with van der Waals surface area (Å²) >= 11 is 0. The molecule has 1 aliphatic rings. The van der Waals surface area contributed by atoms with E-state index in [4.69, 9.17) is 4.42 Å². The Morgan fingerprint density at radius 3 is 2.93 bits per heavy atom. The Balaban J connectivity index is 2.04. The van der Waals surface area contributed by atoms with E-state index in [9.17, 15) is 4.79 Å². The molecule has 82 valence electrons. The summed E-state index contributed by atoms with van der Waals surface area (Å²) in [5.41, 5.74) is 0. The lowest BCUT2D eigenvalue weighted by Crippen LogP contribution is -2.33. The number of nitrogens with one attached hydrogen (secondary N) is 1. The largest absolute Gasteiger partial charge is 0.468 e. The lowest BCUT2D eigenvalue weighted by Gasteiger charge is -2.25. The van der Waals surface area contributed by atoms with Gasteiger partial charge in [0.05, 0.1) is 12.3 Å². The van der Waals surface area contributed by atoms with Gasteiger partial charge in [-0.05, 0) is 38.1 Å². The molecule has 1 unspecified atom stereocenters. The van der Waals surface area contributed by atoms with Gasteiger partial charge >= 0.3 is 0 Å². The second kappa shape index (κ2) is 4.98. The molecule has 1 fully saturated rings. The minimum Gasteiger partial charge on any atom is -0.468 e. The van der Waals surface area contributed by atoms with E-state index in [2.05, 4.69) is 10.2 Å². The van der Waals surface area contributed by atoms with Crippen molar-refractivity contribution in [2.45, 2.75) is 18.9 Å². The van der Waals surface area contributed by atoms with Crippen LogP contribution in [0.25, 0.3) is 0 Å². The fraction of sp³-hybridized carbons (Fsp3) is 0.545. The van der Waals surface area contributed by atoms with E-state index in [-0.39, 0.29) is 6.04 Å². The minimum atomic E-state index is 0.188. The van der Waals surface area contributed by atoms with Crippen LogP contribution in [0.1, 0.15) is 24.6 Å². The van der Waals surface area contributed by atoms with Gasteiger partial charge in [-0.25, -0.2) is 0 Å². The average Bonchev–Trinajstić information content (AvgIpc) is 2.90. The van der Waals surface area contributed by atoms with Gasteiger partial charge < -0.3 is 9.73 Å². The van der Waals surface area contributed by atoms with Crippen molar-refractivity contribution in [2.75, 3.05) is 19.6 Å². The summed E-state index contributed by atoms with van der Waals surface area (Å²) in [7, 11) is 0. The lowest BCUT2D eigenvalue weighted by atomic mass is 10.2. The van der Waals surface area contributed by atoms with Crippen LogP contribution < -0.4 is 5.32 Å². The van der Waals surface area contributed by atoms with E-state index >= 15 is 0 Å². The van der Waals surface area contributed by atoms with Crippen LogP contribution in [0.3, 0.4) is 0 Å². The van der Waals surface area contributed by atoms with Crippen LogP contribution in [0.4, 0.5) is 0 Å². The Hall–Kier alpha value is -1.29. The molecular formula is C11H16N2O2. The zero-order chi connectivity index (χ0) is 10.5. The van der Waals surface area contributed by atoms with Crippen molar-refractivity contribution in [2.24, 2.45) is 0 Å². The SMILES string of the molecule is O=CNCC(c1ccco1)N1CCCC1. The van der Waals surface area contributed by atoms with Crippen LogP contribution in [0.2, 0.25) is 0 Å². The highest BCUT2D eigenvalue weighted by atomic mass is 16.3. The molecule has 2 heterocycles. The Bertz CT molecular complexity index is 292. The van der Waals surface area contributed by atoms with Crippen molar-refractivity contribution in [3.05, 3.63) is 24.2 Å². The van der Waals surface area contributed by atoms with Gasteiger partial charge in [-0.2, -0.15) is 0 Å². The predicted molar refractivity (Wildman–Crippen MR) is 56.3 cm³/mol. The molecule has 1 N–H and O–H groups in total. The molecule has 0 radical (unpaired) electrons. The summed E-state index contributed by atoms with van der Waals surface area (Å²) in [6, 6.07) is 4.04. The minimum absolute atomic E-state index is 0.188. The second-order valence-corrected chi connectivity index (χ2v) is 3.80. The van der Waals surface area contributed by atoms with Gasteiger partial charge in [0.2, 0.25) is 6.41 Å². The molecule has 15 heavy (non-hydrogen) atoms. The molecule has 4 heteroatoms. The number of amides is 1. The van der Waals surface area contributed by atoms with E-state index in [1.54, 1.807) is 6.26 Å². The van der Waals surface area contributed by atoms with Gasteiger partial charge in [0.15, 0.2) is 0 Å². The Labute approximate surface area is 89.2 Å². The molecule has 1 aliphatic heterocycles. The van der Waals surface area contributed by atoms with Gasteiger partial charge in [-0.15, -0.1) is 0 Å². The van der Waals surface area contributed by atoms with Crippen LogP contribution in [-0.4, -0.2) is 30.9 Å². The summed E-state index contributed by atoms with van der Waals surface area (Å²) < 4.78 is 5.41. The quantitative estimate of drug-likeness (QED) is 0.739. The van der Waals surface area contributed by atoms with E-state index in [1.807, 2.05) is 12.1 Å². The summed E-state index contributed by atoms with van der Waals surface area (Å²) in [5, 5.41) is 2.73. The fourth-order valence-corrected chi connectivity index (χ4v) is 2.10. The number of likely N-dealkylation sites (tertiary alicyclic amines) is 1. The topological polar surface area (TPSA) is 45.5 Å². The van der Waals surface area contributed by atoms with Crippen LogP contribution in [0.5, 0.6) is 0 Å². The molecule has 1 atom stereocenters. The van der Waals surface area contributed by atoms with E-state index in [0.717, 1.165) is 25.3 Å². The average molecular weight is 208 g/mol. The smallest absolute Gasteiger partial charge is 0.207 e. The molecule has 1 saturated heterocycles. The molecule has 1 amide bonds. The molecule has 0 spiro atoms. The Morgan fingerprint density at radius 1 is 1.53 bits per heavy atom. The van der Waals surface area contributed by atoms with Gasteiger partial charge in [0.1, 0.15) is 5.76 Å². The van der Waals surface area contributed by atoms with Crippen LogP contribution in [0.15, 0.2) is 22.8 Å². The highest BCUT2D eigenvalue weighted by Gasteiger charge is 2.24. The van der Waals surface area contributed by atoms with Gasteiger partial charge in [0.25, 0.3) is 0 Å². The van der Waals surface area contributed by atoms with E-state index < -0.39 is 0 Å². The maximum Gasteiger partial charge on any atom is 0.207 e. The third kappa shape index (κ3) is 2.39. The molecule has 0 aliphatic carbocycles. The van der Waals surface area contributed by atoms with Gasteiger partial charge in [-0.3, -0.25) is 9.69 Å². The van der Waals surface area contributed by atoms with E-state index in [0.29, 0.717) is 6.54 Å². The van der Waals surface area contributed by atoms with Crippen molar-refractivity contribution < 1.29 is 9.21 Å². The highest BCUT2D eigenvalue weighted by Crippen LogP contribution is 2.24. The standard InChI is InChI=1S/C11H16N2O2/c14-9-12-8-10(11-4-3-7-15-11)13-5-1-2-6-13/h3-4,7,9-10H,1-2,5-6,8H2,(H,12,14). The number of carbonyl (C=O) groups is 1. The molecule has 0 bridgehead atoms. The molecule has 2 rings (SSSR count). The Kier molecular flexibility index (Phi) is 3.40. The van der Waals surface area contributed by atoms with Gasteiger partial charge in [-0.1, -0.05) is 0 Å². The Morgan fingerprint density at radius 2 is 2.33 bits per heavy atom. The molecule has 1 aromatic rings. The molecule has 4 nitrogen and oxygen atoms in total. The first-order valence-electron chi connectivity index (χ1n) is 5.36. The van der Waals surface area contributed by atoms with Crippen LogP contribution in [-0.2, 0) is 4.79 Å². The number of carbonyl (C=O) groups excluding carboxylic acids is 1. The maximum atomic E-state index is 10.3.